The molecule has 1 aliphatic carbocycles. The van der Waals surface area contributed by atoms with Gasteiger partial charge in [-0.15, -0.1) is 0 Å². The van der Waals surface area contributed by atoms with Crippen molar-refractivity contribution in [2.24, 2.45) is 0 Å². The third-order valence-corrected chi connectivity index (χ3v) is 5.25. The molecule has 3 aromatic rings. The Morgan fingerprint density at radius 1 is 1.32 bits per heavy atom. The highest BCUT2D eigenvalue weighted by Crippen LogP contribution is 2.40. The zero-order valence-electron chi connectivity index (χ0n) is 16.8. The van der Waals surface area contributed by atoms with E-state index in [2.05, 4.69) is 27.4 Å². The summed E-state index contributed by atoms with van der Waals surface area (Å²) in [6, 6.07) is 10.2. The Kier molecular flexibility index (Phi) is 4.67. The Labute approximate surface area is 165 Å². The third kappa shape index (κ3) is 3.52. The molecule has 1 aromatic carbocycles. The van der Waals surface area contributed by atoms with Gasteiger partial charge in [-0.25, -0.2) is 9.97 Å². The molecule has 146 valence electrons. The van der Waals surface area contributed by atoms with E-state index in [4.69, 9.17) is 4.74 Å². The molecule has 6 heteroatoms. The van der Waals surface area contributed by atoms with Crippen LogP contribution in [-0.2, 0) is 16.9 Å². The monoisotopic (exact) mass is 378 g/mol. The number of benzene rings is 1. The number of imidazole rings is 1. The topological polar surface area (TPSA) is 68.5 Å². The number of amides is 1. The average Bonchev–Trinajstić information content (AvgIpc) is 3.40. The number of nitrogens with zero attached hydrogens (tertiary/aromatic N) is 3. The zero-order valence-corrected chi connectivity index (χ0v) is 16.8. The molecule has 28 heavy (non-hydrogen) atoms. The Balaban J connectivity index is 1.69. The second kappa shape index (κ2) is 7.02. The molecular formula is C22H26N4O2. The normalized spacial score (nSPS) is 14.4. The van der Waals surface area contributed by atoms with E-state index in [1.807, 2.05) is 43.4 Å². The van der Waals surface area contributed by atoms with Crippen LogP contribution in [0.4, 0.5) is 0 Å². The molecular weight excluding hydrogens is 352 g/mol. The first-order chi connectivity index (χ1) is 13.4. The predicted octanol–water partition coefficient (Wildman–Crippen LogP) is 3.73. The number of ether oxygens (including phenoxy) is 1. The van der Waals surface area contributed by atoms with Crippen molar-refractivity contribution in [3.63, 3.8) is 0 Å². The number of fused-ring (bicyclic) bond motifs is 1. The van der Waals surface area contributed by atoms with E-state index in [1.165, 1.54) is 0 Å². The van der Waals surface area contributed by atoms with Crippen molar-refractivity contribution in [2.75, 3.05) is 7.11 Å². The lowest BCUT2D eigenvalue weighted by atomic mass is 9.93. The van der Waals surface area contributed by atoms with Gasteiger partial charge in [0.2, 0.25) is 0 Å². The number of carbonyl (C=O) groups is 1. The zero-order chi connectivity index (χ0) is 19.9. The first-order valence-corrected chi connectivity index (χ1v) is 9.64. The van der Waals surface area contributed by atoms with Crippen molar-refractivity contribution in [3.05, 3.63) is 64.9 Å². The van der Waals surface area contributed by atoms with Gasteiger partial charge in [0.1, 0.15) is 6.33 Å². The van der Waals surface area contributed by atoms with Gasteiger partial charge in [-0.3, -0.25) is 9.20 Å². The number of nitrogens with one attached hydrogen (secondary N) is 1. The van der Waals surface area contributed by atoms with E-state index in [9.17, 15) is 4.79 Å². The molecule has 0 aliphatic heterocycles. The van der Waals surface area contributed by atoms with E-state index in [1.54, 1.807) is 13.4 Å². The van der Waals surface area contributed by atoms with E-state index in [0.717, 1.165) is 35.4 Å². The molecule has 6 nitrogen and oxygen atoms in total. The van der Waals surface area contributed by atoms with Crippen molar-refractivity contribution in [2.45, 2.75) is 51.7 Å². The van der Waals surface area contributed by atoms with Gasteiger partial charge in [-0.2, -0.15) is 0 Å². The summed E-state index contributed by atoms with van der Waals surface area (Å²) in [5.41, 5.74) is 4.60. The summed E-state index contributed by atoms with van der Waals surface area (Å²) in [6.45, 7) is 6.46. The van der Waals surface area contributed by atoms with Crippen LogP contribution in [0, 0.1) is 6.92 Å². The summed E-state index contributed by atoms with van der Waals surface area (Å²) in [5.74, 6) is 0.285. The minimum atomic E-state index is -0.525. The van der Waals surface area contributed by atoms with Crippen molar-refractivity contribution < 1.29 is 9.53 Å². The van der Waals surface area contributed by atoms with E-state index < -0.39 is 5.54 Å². The van der Waals surface area contributed by atoms with Gasteiger partial charge in [-0.05, 0) is 51.2 Å². The molecule has 1 aliphatic rings. The van der Waals surface area contributed by atoms with Gasteiger partial charge in [-0.1, -0.05) is 29.8 Å². The molecule has 0 bridgehead atoms. The maximum Gasteiger partial charge on any atom is 0.274 e. The fourth-order valence-corrected chi connectivity index (χ4v) is 3.57. The highest BCUT2D eigenvalue weighted by molar-refractivity contribution is 5.98. The van der Waals surface area contributed by atoms with Gasteiger partial charge < -0.3 is 10.1 Å². The van der Waals surface area contributed by atoms with E-state index in [0.29, 0.717) is 23.9 Å². The molecule has 2 aromatic heterocycles. The van der Waals surface area contributed by atoms with Crippen LogP contribution in [0.3, 0.4) is 0 Å². The highest BCUT2D eigenvalue weighted by atomic mass is 16.5. The summed E-state index contributed by atoms with van der Waals surface area (Å²) in [7, 11) is 1.65. The molecule has 1 saturated carbocycles. The second-order valence-corrected chi connectivity index (χ2v) is 8.12. The third-order valence-electron chi connectivity index (χ3n) is 5.25. The largest absolute Gasteiger partial charge is 0.378 e. The summed E-state index contributed by atoms with van der Waals surface area (Å²) >= 11 is 0. The maximum atomic E-state index is 13.1. The molecule has 1 N–H and O–H groups in total. The first-order valence-electron chi connectivity index (χ1n) is 9.64. The Hall–Kier alpha value is -2.73. The van der Waals surface area contributed by atoms with Crippen LogP contribution in [0.1, 0.15) is 65.6 Å². The van der Waals surface area contributed by atoms with Crippen molar-refractivity contribution in [1.29, 1.82) is 0 Å². The molecule has 0 atom stereocenters. The lowest BCUT2D eigenvalue weighted by Gasteiger charge is -2.27. The average molecular weight is 378 g/mol. The van der Waals surface area contributed by atoms with Crippen LogP contribution in [0.5, 0.6) is 0 Å². The fraction of sp³-hybridized carbons (Fsp3) is 0.409. The molecule has 1 amide bonds. The SMILES string of the molecule is COCc1cc(C2CC2)n2cnc(C(=O)NC(C)(C)c3cccc(C)c3)c2n1. The predicted molar refractivity (Wildman–Crippen MR) is 107 cm³/mol. The summed E-state index contributed by atoms with van der Waals surface area (Å²) in [6.07, 6.45) is 4.03. The van der Waals surface area contributed by atoms with Gasteiger partial charge in [0.25, 0.3) is 5.91 Å². The molecule has 0 spiro atoms. The van der Waals surface area contributed by atoms with Crippen molar-refractivity contribution in [3.8, 4) is 0 Å². The van der Waals surface area contributed by atoms with Crippen LogP contribution in [-0.4, -0.2) is 27.4 Å². The second-order valence-electron chi connectivity index (χ2n) is 8.12. The minimum Gasteiger partial charge on any atom is -0.378 e. The number of hydrogen-bond acceptors (Lipinski definition) is 4. The fourth-order valence-electron chi connectivity index (χ4n) is 3.57. The number of aromatic nitrogens is 3. The molecule has 0 saturated heterocycles. The standard InChI is InChI=1S/C22H26N4O2/c1-14-6-5-7-16(10-14)22(2,3)25-21(27)19-20-24-17(12-28-4)11-18(15-8-9-15)26(20)13-23-19/h5-7,10-11,13,15H,8-9,12H2,1-4H3,(H,25,27). The quantitative estimate of drug-likeness (QED) is 0.710. The molecule has 0 radical (unpaired) electrons. The molecule has 4 rings (SSSR count). The lowest BCUT2D eigenvalue weighted by molar-refractivity contribution is 0.0909. The molecule has 2 heterocycles. The van der Waals surface area contributed by atoms with Crippen LogP contribution >= 0.6 is 0 Å². The van der Waals surface area contributed by atoms with E-state index in [-0.39, 0.29) is 5.91 Å². The van der Waals surface area contributed by atoms with Gasteiger partial charge in [0.05, 0.1) is 17.8 Å². The number of hydrogen-bond donors (Lipinski definition) is 1. The van der Waals surface area contributed by atoms with E-state index >= 15 is 0 Å². The number of aryl methyl sites for hydroxylation is 1. The summed E-state index contributed by atoms with van der Waals surface area (Å²) < 4.78 is 7.22. The van der Waals surface area contributed by atoms with Gasteiger partial charge in [0.15, 0.2) is 11.3 Å². The van der Waals surface area contributed by atoms with Crippen LogP contribution in [0.25, 0.3) is 5.65 Å². The van der Waals surface area contributed by atoms with Crippen molar-refractivity contribution >= 4 is 11.6 Å². The van der Waals surface area contributed by atoms with Gasteiger partial charge >= 0.3 is 0 Å². The minimum absolute atomic E-state index is 0.224. The highest BCUT2D eigenvalue weighted by Gasteiger charge is 2.30. The van der Waals surface area contributed by atoms with Crippen LogP contribution < -0.4 is 5.32 Å². The van der Waals surface area contributed by atoms with Crippen LogP contribution in [0.2, 0.25) is 0 Å². The Bertz CT molecular complexity index is 1030. The Morgan fingerprint density at radius 3 is 2.79 bits per heavy atom. The maximum absolute atomic E-state index is 13.1. The summed E-state index contributed by atoms with van der Waals surface area (Å²) in [4.78, 5) is 22.2. The summed E-state index contributed by atoms with van der Waals surface area (Å²) in [5, 5.41) is 3.12. The van der Waals surface area contributed by atoms with Gasteiger partial charge in [0, 0.05) is 12.8 Å². The number of carbonyl (C=O) groups excluding carboxylic acids is 1. The van der Waals surface area contributed by atoms with Crippen LogP contribution in [0.15, 0.2) is 36.7 Å². The molecule has 1 fully saturated rings. The Morgan fingerprint density at radius 2 is 2.11 bits per heavy atom. The van der Waals surface area contributed by atoms with Crippen molar-refractivity contribution in [1.82, 2.24) is 19.7 Å². The lowest BCUT2D eigenvalue weighted by Crippen LogP contribution is -2.41. The number of methoxy groups -OCH3 is 1. The number of rotatable bonds is 6. The first kappa shape index (κ1) is 18.6. The smallest absolute Gasteiger partial charge is 0.274 e. The molecule has 0 unspecified atom stereocenters.